The van der Waals surface area contributed by atoms with Gasteiger partial charge in [0.2, 0.25) is 0 Å². The minimum atomic E-state index is 0.231. The van der Waals surface area contributed by atoms with Crippen molar-refractivity contribution < 1.29 is 9.53 Å². The molecule has 0 spiro atoms. The minimum Gasteiger partial charge on any atom is -0.494 e. The SMILES string of the molecule is CCOc1ccc(C(=O)C2CC2C)c(Br)c1. The number of benzene rings is 1. The number of ketones is 1. The van der Waals surface area contributed by atoms with Gasteiger partial charge < -0.3 is 4.74 Å². The summed E-state index contributed by atoms with van der Waals surface area (Å²) in [6.45, 7) is 4.70. The van der Waals surface area contributed by atoms with Gasteiger partial charge in [-0.3, -0.25) is 4.79 Å². The van der Waals surface area contributed by atoms with E-state index in [1.54, 1.807) is 0 Å². The number of halogens is 1. The molecule has 1 aromatic carbocycles. The highest BCUT2D eigenvalue weighted by Gasteiger charge is 2.39. The molecular formula is C13H15BrO2. The molecule has 2 unspecified atom stereocenters. The monoisotopic (exact) mass is 282 g/mol. The van der Waals surface area contributed by atoms with Crippen LogP contribution in [-0.2, 0) is 0 Å². The van der Waals surface area contributed by atoms with Crippen LogP contribution in [0.5, 0.6) is 5.75 Å². The Labute approximate surface area is 104 Å². The van der Waals surface area contributed by atoms with E-state index in [2.05, 4.69) is 22.9 Å². The molecule has 0 N–H and O–H groups in total. The molecule has 0 aromatic heterocycles. The Morgan fingerprint density at radius 2 is 2.25 bits per heavy atom. The molecule has 2 rings (SSSR count). The summed E-state index contributed by atoms with van der Waals surface area (Å²) in [7, 11) is 0. The molecule has 1 aliphatic rings. The van der Waals surface area contributed by atoms with Gasteiger partial charge >= 0.3 is 0 Å². The average molecular weight is 283 g/mol. The third-order valence-corrected chi connectivity index (χ3v) is 3.62. The Balaban J connectivity index is 2.19. The molecule has 1 aromatic rings. The number of ether oxygens (including phenoxy) is 1. The Morgan fingerprint density at radius 3 is 2.75 bits per heavy atom. The van der Waals surface area contributed by atoms with Gasteiger partial charge in [-0.25, -0.2) is 0 Å². The summed E-state index contributed by atoms with van der Waals surface area (Å²) < 4.78 is 6.21. The predicted octanol–water partition coefficient (Wildman–Crippen LogP) is 3.69. The average Bonchev–Trinajstić information content (AvgIpc) is 2.95. The van der Waals surface area contributed by atoms with Crippen LogP contribution in [0.15, 0.2) is 22.7 Å². The molecule has 1 saturated carbocycles. The number of carbonyl (C=O) groups excluding carboxylic acids is 1. The zero-order valence-corrected chi connectivity index (χ0v) is 11.1. The number of rotatable bonds is 4. The highest BCUT2D eigenvalue weighted by molar-refractivity contribution is 9.10. The van der Waals surface area contributed by atoms with Crippen LogP contribution in [0, 0.1) is 11.8 Å². The van der Waals surface area contributed by atoms with E-state index in [0.29, 0.717) is 12.5 Å². The summed E-state index contributed by atoms with van der Waals surface area (Å²) in [4.78, 5) is 12.0. The maximum atomic E-state index is 12.0. The number of carbonyl (C=O) groups is 1. The van der Waals surface area contributed by atoms with E-state index in [1.807, 2.05) is 25.1 Å². The van der Waals surface area contributed by atoms with Crippen molar-refractivity contribution >= 4 is 21.7 Å². The Morgan fingerprint density at radius 1 is 1.56 bits per heavy atom. The molecule has 2 atom stereocenters. The maximum absolute atomic E-state index is 12.0. The van der Waals surface area contributed by atoms with Crippen molar-refractivity contribution in [2.24, 2.45) is 11.8 Å². The fourth-order valence-corrected chi connectivity index (χ4v) is 2.39. The Kier molecular flexibility index (Phi) is 3.33. The van der Waals surface area contributed by atoms with E-state index in [9.17, 15) is 4.79 Å². The summed E-state index contributed by atoms with van der Waals surface area (Å²) in [5, 5.41) is 0. The van der Waals surface area contributed by atoms with E-state index in [-0.39, 0.29) is 11.7 Å². The molecular weight excluding hydrogens is 268 g/mol. The van der Waals surface area contributed by atoms with Gasteiger partial charge in [0.05, 0.1) is 6.61 Å². The van der Waals surface area contributed by atoms with Gasteiger partial charge in [-0.2, -0.15) is 0 Å². The predicted molar refractivity (Wildman–Crippen MR) is 66.9 cm³/mol. The largest absolute Gasteiger partial charge is 0.494 e. The maximum Gasteiger partial charge on any atom is 0.167 e. The van der Waals surface area contributed by atoms with Gasteiger partial charge in [0.15, 0.2) is 5.78 Å². The van der Waals surface area contributed by atoms with Gasteiger partial charge in [0.1, 0.15) is 5.75 Å². The van der Waals surface area contributed by atoms with Crippen molar-refractivity contribution in [1.82, 2.24) is 0 Å². The van der Waals surface area contributed by atoms with Crippen LogP contribution in [0.25, 0.3) is 0 Å². The van der Waals surface area contributed by atoms with Crippen molar-refractivity contribution in [2.45, 2.75) is 20.3 Å². The number of hydrogen-bond donors (Lipinski definition) is 0. The van der Waals surface area contributed by atoms with Gasteiger partial charge in [-0.05, 0) is 53.4 Å². The molecule has 86 valence electrons. The first-order chi connectivity index (χ1) is 7.63. The van der Waals surface area contributed by atoms with Crippen molar-refractivity contribution in [3.63, 3.8) is 0 Å². The van der Waals surface area contributed by atoms with Gasteiger partial charge in [-0.15, -0.1) is 0 Å². The third kappa shape index (κ3) is 2.29. The van der Waals surface area contributed by atoms with Crippen LogP contribution >= 0.6 is 15.9 Å². The fraction of sp³-hybridized carbons (Fsp3) is 0.462. The lowest BCUT2D eigenvalue weighted by atomic mass is 10.1. The van der Waals surface area contributed by atoms with Crippen molar-refractivity contribution in [3.8, 4) is 5.75 Å². The van der Waals surface area contributed by atoms with E-state index >= 15 is 0 Å². The second-order valence-corrected chi connectivity index (χ2v) is 5.11. The molecule has 0 aliphatic heterocycles. The van der Waals surface area contributed by atoms with Crippen molar-refractivity contribution in [1.29, 1.82) is 0 Å². The zero-order valence-electron chi connectivity index (χ0n) is 9.50. The van der Waals surface area contributed by atoms with Crippen LogP contribution < -0.4 is 4.74 Å². The highest BCUT2D eigenvalue weighted by atomic mass is 79.9. The lowest BCUT2D eigenvalue weighted by Crippen LogP contribution is -2.04. The first-order valence-corrected chi connectivity index (χ1v) is 6.39. The van der Waals surface area contributed by atoms with E-state index < -0.39 is 0 Å². The second kappa shape index (κ2) is 4.58. The first-order valence-electron chi connectivity index (χ1n) is 5.60. The fourth-order valence-electron chi connectivity index (χ4n) is 1.84. The first kappa shape index (κ1) is 11.6. The van der Waals surface area contributed by atoms with Crippen LogP contribution in [0.3, 0.4) is 0 Å². The van der Waals surface area contributed by atoms with Gasteiger partial charge in [0.25, 0.3) is 0 Å². The molecule has 3 heteroatoms. The molecule has 0 saturated heterocycles. The standard InChI is InChI=1S/C13H15BrO2/c1-3-16-9-4-5-10(12(14)7-9)13(15)11-6-8(11)2/h4-5,7-8,11H,3,6H2,1-2H3. The summed E-state index contributed by atoms with van der Waals surface area (Å²) in [6, 6.07) is 5.57. The van der Waals surface area contributed by atoms with Crippen LogP contribution in [-0.4, -0.2) is 12.4 Å². The zero-order chi connectivity index (χ0) is 11.7. The minimum absolute atomic E-state index is 0.231. The van der Waals surface area contributed by atoms with Crippen molar-refractivity contribution in [3.05, 3.63) is 28.2 Å². The van der Waals surface area contributed by atoms with Crippen LogP contribution in [0.2, 0.25) is 0 Å². The summed E-state index contributed by atoms with van der Waals surface area (Å²) >= 11 is 3.43. The van der Waals surface area contributed by atoms with Crippen molar-refractivity contribution in [2.75, 3.05) is 6.61 Å². The summed E-state index contributed by atoms with van der Waals surface area (Å²) in [5.41, 5.74) is 0.776. The van der Waals surface area contributed by atoms with Gasteiger partial charge in [0, 0.05) is 16.0 Å². The molecule has 16 heavy (non-hydrogen) atoms. The van der Waals surface area contributed by atoms with Crippen LogP contribution in [0.4, 0.5) is 0 Å². The summed E-state index contributed by atoms with van der Waals surface area (Å²) in [5.74, 6) is 1.83. The molecule has 2 nitrogen and oxygen atoms in total. The molecule has 0 bridgehead atoms. The second-order valence-electron chi connectivity index (χ2n) is 4.26. The smallest absolute Gasteiger partial charge is 0.167 e. The lowest BCUT2D eigenvalue weighted by Gasteiger charge is -2.07. The molecule has 0 radical (unpaired) electrons. The summed E-state index contributed by atoms with van der Waals surface area (Å²) in [6.07, 6.45) is 1.03. The topological polar surface area (TPSA) is 26.3 Å². The molecule has 0 heterocycles. The van der Waals surface area contributed by atoms with E-state index in [1.165, 1.54) is 0 Å². The van der Waals surface area contributed by atoms with E-state index in [0.717, 1.165) is 22.2 Å². The van der Waals surface area contributed by atoms with Gasteiger partial charge in [-0.1, -0.05) is 6.92 Å². The van der Waals surface area contributed by atoms with E-state index in [4.69, 9.17) is 4.74 Å². The molecule has 1 fully saturated rings. The Bertz CT molecular complexity index is 414. The third-order valence-electron chi connectivity index (χ3n) is 2.96. The normalized spacial score (nSPS) is 22.9. The molecule has 1 aliphatic carbocycles. The lowest BCUT2D eigenvalue weighted by molar-refractivity contribution is 0.0961. The number of Topliss-reactive ketones (excluding diaryl/α,β-unsaturated/α-hetero) is 1. The van der Waals surface area contributed by atoms with Crippen LogP contribution in [0.1, 0.15) is 30.6 Å². The Hall–Kier alpha value is -0.830. The quantitative estimate of drug-likeness (QED) is 0.788. The molecule has 0 amide bonds. The number of hydrogen-bond acceptors (Lipinski definition) is 2. The highest BCUT2D eigenvalue weighted by Crippen LogP contribution is 2.41.